The van der Waals surface area contributed by atoms with Crippen molar-refractivity contribution in [2.75, 3.05) is 13.7 Å². The molecule has 6 nitrogen and oxygen atoms in total. The molecule has 1 aliphatic heterocycles. The molecule has 5 atom stereocenters. The maximum Gasteiger partial charge on any atom is 0.534 e. The number of halogens is 3. The third-order valence-electron chi connectivity index (χ3n) is 8.85. The zero-order valence-corrected chi connectivity index (χ0v) is 21.6. The molecule has 3 aliphatic carbocycles. The summed E-state index contributed by atoms with van der Waals surface area (Å²) in [6.45, 7) is 4.67. The lowest BCUT2D eigenvalue weighted by atomic mass is 9.51. The molecule has 0 radical (unpaired) electrons. The van der Waals surface area contributed by atoms with E-state index in [0.717, 1.165) is 43.2 Å². The van der Waals surface area contributed by atoms with E-state index in [1.807, 2.05) is 26.0 Å². The molecule has 0 N–H and O–H groups in total. The summed E-state index contributed by atoms with van der Waals surface area (Å²) >= 11 is 0. The highest BCUT2D eigenvalue weighted by Gasteiger charge is 2.62. The molecule has 1 saturated heterocycles. The van der Waals surface area contributed by atoms with E-state index in [9.17, 15) is 21.6 Å². The summed E-state index contributed by atoms with van der Waals surface area (Å²) in [7, 11) is -4.28. The lowest BCUT2D eigenvalue weighted by Gasteiger charge is -2.54. The van der Waals surface area contributed by atoms with Crippen molar-refractivity contribution in [1.82, 2.24) is 0 Å². The van der Waals surface area contributed by atoms with Crippen molar-refractivity contribution in [3.05, 3.63) is 35.1 Å². The van der Waals surface area contributed by atoms with Crippen LogP contribution in [0.4, 0.5) is 13.2 Å². The summed E-state index contributed by atoms with van der Waals surface area (Å²) in [6.07, 6.45) is 5.11. The van der Waals surface area contributed by atoms with Gasteiger partial charge in [-0.2, -0.15) is 21.6 Å². The number of allylic oxidation sites excluding steroid dienone is 2. The number of hydrogen-bond donors (Lipinski definition) is 0. The molecule has 0 aromatic heterocycles. The van der Waals surface area contributed by atoms with Gasteiger partial charge in [-0.1, -0.05) is 19.9 Å². The number of hydrogen-bond acceptors (Lipinski definition) is 6. The standard InChI is InChI=1S/C26H33F3O6S/c1-24-12-11-16-14-17(32-3)7-8-18(16)23(24)19(35-36(30,31)26(27,28)29)15-25(2)20(24)9-10-21(25)34-22-6-4-5-13-33-22/h7-8,14,20-22H,4-6,9-13,15H2,1-3H3/t20-,21-,22?,24-,25-/m0/s1. The molecule has 1 saturated carbocycles. The maximum atomic E-state index is 13.5. The van der Waals surface area contributed by atoms with Crippen LogP contribution in [0.1, 0.15) is 69.9 Å². The molecular formula is C26H33F3O6S. The molecule has 0 amide bonds. The number of alkyl halides is 3. The van der Waals surface area contributed by atoms with Gasteiger partial charge in [-0.05, 0) is 74.1 Å². The van der Waals surface area contributed by atoms with Crippen molar-refractivity contribution < 1.29 is 40.0 Å². The molecule has 1 heterocycles. The van der Waals surface area contributed by atoms with Crippen LogP contribution in [0, 0.1) is 16.7 Å². The van der Waals surface area contributed by atoms with E-state index in [-0.39, 0.29) is 30.5 Å². The quantitative estimate of drug-likeness (QED) is 0.346. The lowest BCUT2D eigenvalue weighted by molar-refractivity contribution is -0.211. The SMILES string of the molecule is COc1ccc2c(c1)CC[C@]1(C)C2=C(OS(=O)(=O)C(F)(F)F)C[C@]2(C)[C@@H](OC3CCCCO3)CC[C@H]21. The first kappa shape index (κ1) is 25.9. The highest BCUT2D eigenvalue weighted by atomic mass is 32.2. The average Bonchev–Trinajstić information content (AvgIpc) is 3.14. The van der Waals surface area contributed by atoms with Gasteiger partial charge in [0.25, 0.3) is 0 Å². The van der Waals surface area contributed by atoms with Gasteiger partial charge >= 0.3 is 15.6 Å². The van der Waals surface area contributed by atoms with Crippen LogP contribution in [0.25, 0.3) is 5.57 Å². The van der Waals surface area contributed by atoms with Crippen LogP contribution in [0.5, 0.6) is 5.75 Å². The zero-order chi connectivity index (χ0) is 25.9. The Balaban J connectivity index is 1.61. The molecular weight excluding hydrogens is 497 g/mol. The van der Waals surface area contributed by atoms with Crippen molar-refractivity contribution >= 4 is 15.7 Å². The predicted molar refractivity (Wildman–Crippen MR) is 126 cm³/mol. The molecule has 0 bridgehead atoms. The molecule has 4 aliphatic rings. The van der Waals surface area contributed by atoms with E-state index in [4.69, 9.17) is 18.4 Å². The van der Waals surface area contributed by atoms with E-state index in [0.29, 0.717) is 30.8 Å². The monoisotopic (exact) mass is 530 g/mol. The first-order valence-corrected chi connectivity index (χ1v) is 14.0. The summed E-state index contributed by atoms with van der Waals surface area (Å²) in [5.41, 5.74) is -4.48. The number of benzene rings is 1. The van der Waals surface area contributed by atoms with Gasteiger partial charge in [0.1, 0.15) is 11.5 Å². The topological polar surface area (TPSA) is 71.1 Å². The van der Waals surface area contributed by atoms with Crippen molar-refractivity contribution in [3.63, 3.8) is 0 Å². The average molecular weight is 531 g/mol. The van der Waals surface area contributed by atoms with E-state index in [1.54, 1.807) is 13.2 Å². The molecule has 0 spiro atoms. The van der Waals surface area contributed by atoms with E-state index in [1.165, 1.54) is 0 Å². The third-order valence-corrected chi connectivity index (χ3v) is 9.84. The normalized spacial score (nSPS) is 34.6. The Morgan fingerprint density at radius 1 is 1.11 bits per heavy atom. The number of aryl methyl sites for hydroxylation is 1. The van der Waals surface area contributed by atoms with Crippen LogP contribution < -0.4 is 4.74 Å². The molecule has 36 heavy (non-hydrogen) atoms. The summed E-state index contributed by atoms with van der Waals surface area (Å²) in [6, 6.07) is 5.43. The second-order valence-corrected chi connectivity index (χ2v) is 12.5. The Bertz CT molecular complexity index is 1160. The van der Waals surface area contributed by atoms with Gasteiger partial charge in [0.2, 0.25) is 0 Å². The molecule has 5 rings (SSSR count). The number of ether oxygens (including phenoxy) is 3. The van der Waals surface area contributed by atoms with Crippen LogP contribution in [0.2, 0.25) is 0 Å². The Morgan fingerprint density at radius 2 is 1.89 bits per heavy atom. The fourth-order valence-electron chi connectivity index (χ4n) is 7.19. The second-order valence-electron chi connectivity index (χ2n) is 11.0. The third kappa shape index (κ3) is 4.13. The Hall–Kier alpha value is -1.78. The van der Waals surface area contributed by atoms with Gasteiger partial charge < -0.3 is 18.4 Å². The fraction of sp³-hybridized carbons (Fsp3) is 0.692. The van der Waals surface area contributed by atoms with Gasteiger partial charge in [0.05, 0.1) is 13.2 Å². The Kier molecular flexibility index (Phi) is 6.40. The van der Waals surface area contributed by atoms with Gasteiger partial charge in [0, 0.05) is 29.4 Å². The minimum absolute atomic E-state index is 0.0424. The first-order valence-electron chi connectivity index (χ1n) is 12.6. The largest absolute Gasteiger partial charge is 0.534 e. The highest BCUT2D eigenvalue weighted by molar-refractivity contribution is 7.87. The number of rotatable bonds is 5. The summed E-state index contributed by atoms with van der Waals surface area (Å²) in [5.74, 6) is 0.607. The van der Waals surface area contributed by atoms with Gasteiger partial charge in [-0.15, -0.1) is 0 Å². The van der Waals surface area contributed by atoms with Crippen LogP contribution in [0.3, 0.4) is 0 Å². The fourth-order valence-corrected chi connectivity index (χ4v) is 7.69. The van der Waals surface area contributed by atoms with Crippen LogP contribution in [0.15, 0.2) is 24.0 Å². The smallest absolute Gasteiger partial charge is 0.497 e. The van der Waals surface area contributed by atoms with Crippen molar-refractivity contribution in [2.24, 2.45) is 16.7 Å². The van der Waals surface area contributed by atoms with E-state index in [2.05, 4.69) is 0 Å². The van der Waals surface area contributed by atoms with Crippen LogP contribution >= 0.6 is 0 Å². The van der Waals surface area contributed by atoms with Crippen molar-refractivity contribution in [3.8, 4) is 5.75 Å². The Morgan fingerprint density at radius 3 is 2.56 bits per heavy atom. The minimum Gasteiger partial charge on any atom is -0.497 e. The predicted octanol–water partition coefficient (Wildman–Crippen LogP) is 5.96. The second kappa shape index (κ2) is 8.91. The molecule has 1 aromatic carbocycles. The highest BCUT2D eigenvalue weighted by Crippen LogP contribution is 2.67. The number of methoxy groups -OCH3 is 1. The summed E-state index contributed by atoms with van der Waals surface area (Å²) < 4.78 is 87.4. The van der Waals surface area contributed by atoms with Gasteiger partial charge in [0.15, 0.2) is 6.29 Å². The maximum absolute atomic E-state index is 13.5. The van der Waals surface area contributed by atoms with E-state index >= 15 is 0 Å². The molecule has 10 heteroatoms. The lowest BCUT2D eigenvalue weighted by Crippen LogP contribution is -2.49. The minimum atomic E-state index is -5.84. The first-order chi connectivity index (χ1) is 16.9. The summed E-state index contributed by atoms with van der Waals surface area (Å²) in [5, 5.41) is 0. The number of fused-ring (bicyclic) bond motifs is 5. The summed E-state index contributed by atoms with van der Waals surface area (Å²) in [4.78, 5) is 0. The Labute approximate surface area is 210 Å². The van der Waals surface area contributed by atoms with Crippen LogP contribution in [-0.2, 0) is 30.2 Å². The molecule has 1 aromatic rings. The van der Waals surface area contributed by atoms with Gasteiger partial charge in [-0.3, -0.25) is 0 Å². The molecule has 200 valence electrons. The molecule has 1 unspecified atom stereocenters. The van der Waals surface area contributed by atoms with Gasteiger partial charge in [-0.25, -0.2) is 0 Å². The van der Waals surface area contributed by atoms with Crippen LogP contribution in [-0.4, -0.2) is 40.0 Å². The zero-order valence-electron chi connectivity index (χ0n) is 20.8. The van der Waals surface area contributed by atoms with E-state index < -0.39 is 26.5 Å². The van der Waals surface area contributed by atoms with Crippen molar-refractivity contribution in [2.45, 2.75) is 83.1 Å². The van der Waals surface area contributed by atoms with Crippen molar-refractivity contribution in [1.29, 1.82) is 0 Å². The molecule has 2 fully saturated rings.